The Balaban J connectivity index is 1.41. The van der Waals surface area contributed by atoms with Gasteiger partial charge in [-0.15, -0.1) is 0 Å². The van der Waals surface area contributed by atoms with Crippen molar-refractivity contribution in [3.8, 4) is 5.75 Å². The summed E-state index contributed by atoms with van der Waals surface area (Å²) in [5.74, 6) is -0.173. The molecule has 184 valence electrons. The Labute approximate surface area is 201 Å². The van der Waals surface area contributed by atoms with Gasteiger partial charge in [-0.05, 0) is 62.4 Å². The molecule has 9 heteroatoms. The van der Waals surface area contributed by atoms with Gasteiger partial charge in [0.1, 0.15) is 11.8 Å². The number of amides is 2. The van der Waals surface area contributed by atoms with E-state index in [-0.39, 0.29) is 35.7 Å². The van der Waals surface area contributed by atoms with Crippen LogP contribution in [0.1, 0.15) is 31.7 Å². The second-order valence-corrected chi connectivity index (χ2v) is 10.4. The number of aryl methyl sites for hydroxylation is 1. The molecule has 2 aromatic carbocycles. The fourth-order valence-corrected chi connectivity index (χ4v) is 5.42. The highest BCUT2D eigenvalue weighted by Crippen LogP contribution is 2.25. The number of nitrogens with zero attached hydrogens (tertiary/aromatic N) is 1. The van der Waals surface area contributed by atoms with Gasteiger partial charge >= 0.3 is 0 Å². The molecule has 0 unspecified atom stereocenters. The maximum absolute atomic E-state index is 12.9. The quantitative estimate of drug-likeness (QED) is 0.501. The Morgan fingerprint density at radius 2 is 1.71 bits per heavy atom. The summed E-state index contributed by atoms with van der Waals surface area (Å²) < 4.78 is 32.2. The maximum Gasteiger partial charge on any atom is 0.243 e. The zero-order valence-electron chi connectivity index (χ0n) is 19.7. The van der Waals surface area contributed by atoms with Crippen LogP contribution in [0.25, 0.3) is 0 Å². The van der Waals surface area contributed by atoms with Gasteiger partial charge in [0.25, 0.3) is 0 Å². The van der Waals surface area contributed by atoms with Gasteiger partial charge in [-0.1, -0.05) is 30.3 Å². The second kappa shape index (κ2) is 12.0. The van der Waals surface area contributed by atoms with Gasteiger partial charge in [0, 0.05) is 25.6 Å². The molecule has 1 fully saturated rings. The minimum absolute atomic E-state index is 0.203. The Bertz CT molecular complexity index is 1050. The highest BCUT2D eigenvalue weighted by molar-refractivity contribution is 7.89. The summed E-state index contributed by atoms with van der Waals surface area (Å²) in [7, 11) is -2.10. The summed E-state index contributed by atoms with van der Waals surface area (Å²) in [6.45, 7) is 2.71. The Morgan fingerprint density at radius 3 is 2.32 bits per heavy atom. The number of nitrogens with one attached hydrogen (secondary N) is 2. The number of carbonyl (C=O) groups is 2. The number of hydrogen-bond donors (Lipinski definition) is 2. The molecule has 1 aliphatic rings. The standard InChI is InChI=1S/C25H33N3O5S/c1-19(24(29)26-16-6-9-20-7-4-3-5-8-20)27-25(30)21-14-17-28(18-15-21)34(31,32)23-12-10-22(33-2)11-13-23/h3-5,7-8,10-13,19,21H,6,9,14-18H2,1-2H3,(H,26,29)(H,27,30)/t19-/m1/s1. The van der Waals surface area contributed by atoms with Gasteiger partial charge in [0.15, 0.2) is 0 Å². The summed E-state index contributed by atoms with van der Waals surface area (Å²) in [6.07, 6.45) is 2.51. The second-order valence-electron chi connectivity index (χ2n) is 8.46. The fourth-order valence-electron chi connectivity index (χ4n) is 3.95. The molecule has 0 saturated carbocycles. The molecular weight excluding hydrogens is 454 g/mol. The van der Waals surface area contributed by atoms with Crippen LogP contribution in [0.4, 0.5) is 0 Å². The van der Waals surface area contributed by atoms with Gasteiger partial charge in [0.05, 0.1) is 12.0 Å². The molecule has 3 rings (SSSR count). The molecule has 0 aromatic heterocycles. The molecule has 0 radical (unpaired) electrons. The van der Waals surface area contributed by atoms with Crippen LogP contribution in [0.3, 0.4) is 0 Å². The van der Waals surface area contributed by atoms with Crippen molar-refractivity contribution in [2.24, 2.45) is 5.92 Å². The van der Waals surface area contributed by atoms with Gasteiger partial charge < -0.3 is 15.4 Å². The van der Waals surface area contributed by atoms with Gasteiger partial charge in [0.2, 0.25) is 21.8 Å². The van der Waals surface area contributed by atoms with E-state index in [0.29, 0.717) is 25.1 Å². The number of methoxy groups -OCH3 is 1. The van der Waals surface area contributed by atoms with Gasteiger partial charge in [-0.25, -0.2) is 8.42 Å². The first-order valence-corrected chi connectivity index (χ1v) is 13.0. The third-order valence-corrected chi connectivity index (χ3v) is 7.97. The SMILES string of the molecule is COc1ccc(S(=O)(=O)N2CCC(C(=O)N[C@H](C)C(=O)NCCCc3ccccc3)CC2)cc1. The Hall–Kier alpha value is -2.91. The van der Waals surface area contributed by atoms with E-state index in [4.69, 9.17) is 4.74 Å². The third-order valence-electron chi connectivity index (χ3n) is 6.06. The highest BCUT2D eigenvalue weighted by atomic mass is 32.2. The van der Waals surface area contributed by atoms with Crippen molar-refractivity contribution < 1.29 is 22.7 Å². The largest absolute Gasteiger partial charge is 0.497 e. The van der Waals surface area contributed by atoms with Crippen molar-refractivity contribution >= 4 is 21.8 Å². The monoisotopic (exact) mass is 487 g/mol. The highest BCUT2D eigenvalue weighted by Gasteiger charge is 2.32. The normalized spacial score (nSPS) is 15.9. The number of carbonyl (C=O) groups excluding carboxylic acids is 2. The zero-order valence-corrected chi connectivity index (χ0v) is 20.5. The molecule has 2 N–H and O–H groups in total. The lowest BCUT2D eigenvalue weighted by Crippen LogP contribution is -2.49. The molecule has 8 nitrogen and oxygen atoms in total. The molecule has 1 saturated heterocycles. The van der Waals surface area contributed by atoms with Crippen molar-refractivity contribution in [3.63, 3.8) is 0 Å². The molecule has 2 aromatic rings. The first-order chi connectivity index (χ1) is 16.3. The average molecular weight is 488 g/mol. The van der Waals surface area contributed by atoms with Crippen LogP contribution in [-0.2, 0) is 26.0 Å². The predicted molar refractivity (Wildman–Crippen MR) is 130 cm³/mol. The summed E-state index contributed by atoms with van der Waals surface area (Å²) in [5, 5.41) is 5.64. The molecule has 34 heavy (non-hydrogen) atoms. The van der Waals surface area contributed by atoms with E-state index in [2.05, 4.69) is 22.8 Å². The van der Waals surface area contributed by atoms with E-state index in [0.717, 1.165) is 12.8 Å². The smallest absolute Gasteiger partial charge is 0.243 e. The van der Waals surface area contributed by atoms with Crippen LogP contribution in [0.5, 0.6) is 5.75 Å². The van der Waals surface area contributed by atoms with Gasteiger partial charge in [-0.2, -0.15) is 4.31 Å². The molecular formula is C25H33N3O5S. The predicted octanol–water partition coefficient (Wildman–Crippen LogP) is 2.35. The molecule has 1 atom stereocenters. The minimum Gasteiger partial charge on any atom is -0.497 e. The lowest BCUT2D eigenvalue weighted by atomic mass is 9.97. The first-order valence-electron chi connectivity index (χ1n) is 11.6. The van der Waals surface area contributed by atoms with Gasteiger partial charge in [-0.3, -0.25) is 9.59 Å². The Kier molecular flexibility index (Phi) is 9.06. The zero-order chi connectivity index (χ0) is 24.6. The fraction of sp³-hybridized carbons (Fsp3) is 0.440. The summed E-state index contributed by atoms with van der Waals surface area (Å²) in [5.41, 5.74) is 1.22. The van der Waals surface area contributed by atoms with Crippen LogP contribution in [0, 0.1) is 5.92 Å². The van der Waals surface area contributed by atoms with Crippen LogP contribution >= 0.6 is 0 Å². The van der Waals surface area contributed by atoms with Crippen LogP contribution in [-0.4, -0.2) is 57.3 Å². The molecule has 0 bridgehead atoms. The van der Waals surface area contributed by atoms with E-state index in [1.54, 1.807) is 19.1 Å². The average Bonchev–Trinajstić information content (AvgIpc) is 2.87. The first kappa shape index (κ1) is 25.7. The number of benzene rings is 2. The number of piperidine rings is 1. The Morgan fingerprint density at radius 1 is 1.06 bits per heavy atom. The summed E-state index contributed by atoms with van der Waals surface area (Å²) in [6, 6.07) is 15.7. The van der Waals surface area contributed by atoms with Crippen molar-refractivity contribution in [1.29, 1.82) is 0 Å². The maximum atomic E-state index is 12.9. The van der Waals surface area contributed by atoms with Crippen LogP contribution < -0.4 is 15.4 Å². The van der Waals surface area contributed by atoms with E-state index < -0.39 is 16.1 Å². The van der Waals surface area contributed by atoms with E-state index >= 15 is 0 Å². The van der Waals surface area contributed by atoms with Crippen LogP contribution in [0.15, 0.2) is 59.5 Å². The van der Waals surface area contributed by atoms with E-state index in [1.165, 1.54) is 29.1 Å². The summed E-state index contributed by atoms with van der Waals surface area (Å²) in [4.78, 5) is 25.2. The third kappa shape index (κ3) is 6.80. The number of ether oxygens (including phenoxy) is 1. The van der Waals surface area contributed by atoms with E-state index in [1.807, 2.05) is 18.2 Å². The minimum atomic E-state index is -3.62. The summed E-state index contributed by atoms with van der Waals surface area (Å²) >= 11 is 0. The lowest BCUT2D eigenvalue weighted by Gasteiger charge is -2.31. The molecule has 0 aliphatic carbocycles. The van der Waals surface area contributed by atoms with Crippen molar-refractivity contribution in [2.45, 2.75) is 43.5 Å². The van der Waals surface area contributed by atoms with Crippen molar-refractivity contribution in [3.05, 3.63) is 60.2 Å². The van der Waals surface area contributed by atoms with Crippen molar-refractivity contribution in [2.75, 3.05) is 26.7 Å². The van der Waals surface area contributed by atoms with E-state index in [9.17, 15) is 18.0 Å². The number of rotatable bonds is 10. The molecule has 0 spiro atoms. The molecule has 1 heterocycles. The molecule has 1 aliphatic heterocycles. The molecule has 2 amide bonds. The van der Waals surface area contributed by atoms with Crippen LogP contribution in [0.2, 0.25) is 0 Å². The van der Waals surface area contributed by atoms with Crippen molar-refractivity contribution in [1.82, 2.24) is 14.9 Å². The number of hydrogen-bond acceptors (Lipinski definition) is 5. The topological polar surface area (TPSA) is 105 Å². The number of sulfonamides is 1. The lowest BCUT2D eigenvalue weighted by molar-refractivity contribution is -0.131.